The summed E-state index contributed by atoms with van der Waals surface area (Å²) in [5.41, 5.74) is 1.20. The summed E-state index contributed by atoms with van der Waals surface area (Å²) in [7, 11) is 0. The lowest BCUT2D eigenvalue weighted by molar-refractivity contribution is -0.142. The van der Waals surface area contributed by atoms with Crippen molar-refractivity contribution in [2.45, 2.75) is 26.3 Å². The number of carbonyl (C=O) groups excluding carboxylic acids is 2. The van der Waals surface area contributed by atoms with Crippen molar-refractivity contribution in [2.24, 2.45) is 0 Å². The Morgan fingerprint density at radius 1 is 1.23 bits per heavy atom. The second kappa shape index (κ2) is 8.18. The number of nitrogens with zero attached hydrogens (tertiary/aromatic N) is 1. The summed E-state index contributed by atoms with van der Waals surface area (Å²) in [4.78, 5) is 35.6. The molecule has 8 heteroatoms. The van der Waals surface area contributed by atoms with Crippen LogP contribution < -0.4 is 14.3 Å². The van der Waals surface area contributed by atoms with E-state index in [4.69, 9.17) is 14.2 Å². The Morgan fingerprint density at radius 3 is 2.73 bits per heavy atom. The van der Waals surface area contributed by atoms with Crippen molar-refractivity contribution in [2.75, 3.05) is 19.8 Å². The Hall–Kier alpha value is -2.61. The quantitative estimate of drug-likeness (QED) is 0.567. The average Bonchev–Trinajstić information content (AvgIpc) is 2.84. The number of ketones is 1. The van der Waals surface area contributed by atoms with Gasteiger partial charge in [-0.3, -0.25) is 14.4 Å². The molecule has 2 aromatic rings. The van der Waals surface area contributed by atoms with Crippen molar-refractivity contribution in [3.63, 3.8) is 0 Å². The van der Waals surface area contributed by atoms with E-state index in [0.29, 0.717) is 30.3 Å². The van der Waals surface area contributed by atoms with Crippen molar-refractivity contribution >= 4 is 23.1 Å². The Bertz CT molecular complexity index is 869. The van der Waals surface area contributed by atoms with Crippen LogP contribution in [0.1, 0.15) is 28.9 Å². The predicted molar refractivity (Wildman–Crippen MR) is 95.3 cm³/mol. The molecule has 0 saturated heterocycles. The number of aryl methyl sites for hydroxylation is 1. The van der Waals surface area contributed by atoms with E-state index in [-0.39, 0.29) is 30.2 Å². The molecular weight excluding hydrogens is 358 g/mol. The second-order valence-electron chi connectivity index (χ2n) is 5.84. The summed E-state index contributed by atoms with van der Waals surface area (Å²) in [5, 5.41) is 1.74. The molecule has 0 saturated carbocycles. The van der Waals surface area contributed by atoms with Gasteiger partial charge in [0.25, 0.3) is 0 Å². The minimum Gasteiger partial charge on any atom is -0.490 e. The maximum atomic E-state index is 12.2. The van der Waals surface area contributed by atoms with Crippen LogP contribution >= 0.6 is 11.3 Å². The third-order valence-electron chi connectivity index (χ3n) is 3.95. The molecule has 0 atom stereocenters. The third kappa shape index (κ3) is 4.32. The molecule has 0 aliphatic carbocycles. The molecule has 0 N–H and O–H groups in total. The number of thiazole rings is 1. The van der Waals surface area contributed by atoms with E-state index >= 15 is 0 Å². The number of rotatable bonds is 6. The zero-order valence-electron chi connectivity index (χ0n) is 14.4. The van der Waals surface area contributed by atoms with E-state index in [2.05, 4.69) is 0 Å². The zero-order chi connectivity index (χ0) is 18.5. The van der Waals surface area contributed by atoms with E-state index in [0.717, 1.165) is 23.5 Å². The molecule has 1 aliphatic heterocycles. The van der Waals surface area contributed by atoms with Gasteiger partial charge >= 0.3 is 10.8 Å². The Morgan fingerprint density at radius 2 is 2.00 bits per heavy atom. The summed E-state index contributed by atoms with van der Waals surface area (Å²) in [6, 6.07) is 4.91. The monoisotopic (exact) mass is 377 g/mol. The minimum absolute atomic E-state index is 0.0336. The van der Waals surface area contributed by atoms with Crippen LogP contribution in [0.3, 0.4) is 0 Å². The van der Waals surface area contributed by atoms with Gasteiger partial charge < -0.3 is 18.8 Å². The summed E-state index contributed by atoms with van der Waals surface area (Å²) < 4.78 is 17.6. The Labute approximate surface area is 154 Å². The highest BCUT2D eigenvalue weighted by atomic mass is 32.1. The van der Waals surface area contributed by atoms with Gasteiger partial charge in [0.2, 0.25) is 0 Å². The first-order valence-corrected chi connectivity index (χ1v) is 9.16. The van der Waals surface area contributed by atoms with Crippen LogP contribution in [-0.2, 0) is 16.1 Å². The summed E-state index contributed by atoms with van der Waals surface area (Å²) in [5.74, 6) is 0.280. The molecule has 138 valence electrons. The Balaban J connectivity index is 1.53. The van der Waals surface area contributed by atoms with E-state index in [9.17, 15) is 14.4 Å². The third-order valence-corrected chi connectivity index (χ3v) is 4.83. The highest BCUT2D eigenvalue weighted by molar-refractivity contribution is 7.07. The SMILES string of the molecule is Cc1csc(=O)n1CCC(=O)OCC(=O)c1ccc2c(c1)OCCCO2. The van der Waals surface area contributed by atoms with Crippen LogP contribution in [0.5, 0.6) is 11.5 Å². The van der Waals surface area contributed by atoms with Gasteiger partial charge in [0.1, 0.15) is 0 Å². The molecule has 1 aromatic heterocycles. The van der Waals surface area contributed by atoms with Crippen LogP contribution in [0.4, 0.5) is 0 Å². The number of hydrogen-bond acceptors (Lipinski definition) is 7. The van der Waals surface area contributed by atoms with E-state index < -0.39 is 5.97 Å². The fourth-order valence-electron chi connectivity index (χ4n) is 2.52. The maximum Gasteiger partial charge on any atom is 0.308 e. The summed E-state index contributed by atoms with van der Waals surface area (Å²) >= 11 is 1.09. The van der Waals surface area contributed by atoms with Gasteiger partial charge in [-0.15, -0.1) is 0 Å². The van der Waals surface area contributed by atoms with Crippen LogP contribution in [-0.4, -0.2) is 36.1 Å². The molecule has 26 heavy (non-hydrogen) atoms. The molecule has 0 radical (unpaired) electrons. The standard InChI is InChI=1S/C18H19NO6S/c1-12-11-26-18(22)19(12)6-5-17(21)25-10-14(20)13-3-4-15-16(9-13)24-8-2-7-23-15/h3-4,9,11H,2,5-8,10H2,1H3. The largest absolute Gasteiger partial charge is 0.490 e. The van der Waals surface area contributed by atoms with E-state index in [1.807, 2.05) is 0 Å². The van der Waals surface area contributed by atoms with E-state index in [1.165, 1.54) is 4.57 Å². The molecule has 0 amide bonds. The van der Waals surface area contributed by atoms with Crippen LogP contribution in [0.15, 0.2) is 28.4 Å². The van der Waals surface area contributed by atoms with Crippen molar-refractivity contribution in [3.05, 3.63) is 44.5 Å². The average molecular weight is 377 g/mol. The van der Waals surface area contributed by atoms with Crippen LogP contribution in [0, 0.1) is 6.92 Å². The molecule has 0 fully saturated rings. The van der Waals surface area contributed by atoms with Crippen molar-refractivity contribution in [1.82, 2.24) is 4.57 Å². The van der Waals surface area contributed by atoms with Gasteiger partial charge in [0.05, 0.1) is 19.6 Å². The number of hydrogen-bond donors (Lipinski definition) is 0. The highest BCUT2D eigenvalue weighted by Crippen LogP contribution is 2.30. The van der Waals surface area contributed by atoms with Crippen LogP contribution in [0.2, 0.25) is 0 Å². The number of Topliss-reactive ketones (excluding diaryl/α,β-unsaturated/α-hetero) is 1. The van der Waals surface area contributed by atoms with Crippen molar-refractivity contribution in [3.8, 4) is 11.5 Å². The number of carbonyl (C=O) groups is 2. The molecular formula is C18H19NO6S. The predicted octanol–water partition coefficient (Wildman–Crippen LogP) is 2.20. The number of aromatic nitrogens is 1. The van der Waals surface area contributed by atoms with E-state index in [1.54, 1.807) is 30.5 Å². The lowest BCUT2D eigenvalue weighted by Gasteiger charge is -2.09. The number of esters is 1. The first kappa shape index (κ1) is 18.2. The fraction of sp³-hybridized carbons (Fsp3) is 0.389. The number of fused-ring (bicyclic) bond motifs is 1. The second-order valence-corrected chi connectivity index (χ2v) is 6.66. The molecule has 1 aliphatic rings. The smallest absolute Gasteiger partial charge is 0.308 e. The normalized spacial score (nSPS) is 13.1. The van der Waals surface area contributed by atoms with Gasteiger partial charge in [0, 0.05) is 29.6 Å². The van der Waals surface area contributed by atoms with Crippen molar-refractivity contribution in [1.29, 1.82) is 0 Å². The molecule has 2 heterocycles. The molecule has 7 nitrogen and oxygen atoms in total. The zero-order valence-corrected chi connectivity index (χ0v) is 15.2. The van der Waals surface area contributed by atoms with Gasteiger partial charge in [-0.25, -0.2) is 0 Å². The lowest BCUT2D eigenvalue weighted by atomic mass is 10.1. The maximum absolute atomic E-state index is 12.2. The minimum atomic E-state index is -0.523. The van der Waals surface area contributed by atoms with Gasteiger partial charge in [-0.1, -0.05) is 11.3 Å². The molecule has 0 bridgehead atoms. The first-order chi connectivity index (χ1) is 12.5. The fourth-order valence-corrected chi connectivity index (χ4v) is 3.28. The number of ether oxygens (including phenoxy) is 3. The molecule has 0 unspecified atom stereocenters. The lowest BCUT2D eigenvalue weighted by Crippen LogP contribution is -2.19. The van der Waals surface area contributed by atoms with Crippen LogP contribution in [0.25, 0.3) is 0 Å². The number of benzene rings is 1. The van der Waals surface area contributed by atoms with Gasteiger partial charge in [-0.05, 0) is 25.1 Å². The molecule has 0 spiro atoms. The highest BCUT2D eigenvalue weighted by Gasteiger charge is 2.16. The topological polar surface area (TPSA) is 83.8 Å². The molecule has 3 rings (SSSR count). The first-order valence-electron chi connectivity index (χ1n) is 8.28. The van der Waals surface area contributed by atoms with Gasteiger partial charge in [-0.2, -0.15) is 0 Å². The summed E-state index contributed by atoms with van der Waals surface area (Å²) in [6.45, 7) is 2.80. The molecule has 1 aromatic carbocycles. The van der Waals surface area contributed by atoms with Crippen molar-refractivity contribution < 1.29 is 23.8 Å². The van der Waals surface area contributed by atoms with Gasteiger partial charge in [0.15, 0.2) is 23.9 Å². The summed E-state index contributed by atoms with van der Waals surface area (Å²) in [6.07, 6.45) is 0.814. The Kier molecular flexibility index (Phi) is 5.72.